The monoisotopic (exact) mass is 233 g/mol. The van der Waals surface area contributed by atoms with Crippen LogP contribution in [0.15, 0.2) is 30.3 Å². The lowest BCUT2D eigenvalue weighted by Gasteiger charge is -2.19. The summed E-state index contributed by atoms with van der Waals surface area (Å²) in [5, 5.41) is 1.16. The molecule has 0 amide bonds. The van der Waals surface area contributed by atoms with Gasteiger partial charge < -0.3 is 0 Å². The fraction of sp³-hybridized carbons (Fsp3) is 0.357. The average molecular weight is 234 g/mol. The summed E-state index contributed by atoms with van der Waals surface area (Å²) < 4.78 is 0. The quantitative estimate of drug-likeness (QED) is 0.671. The molecule has 1 heterocycles. The minimum absolute atomic E-state index is 0.0604. The fourth-order valence-corrected chi connectivity index (χ4v) is 1.96. The number of fused-ring (bicyclic) bond motifs is 1. The van der Waals surface area contributed by atoms with Crippen LogP contribution in [0, 0.1) is 0 Å². The van der Waals surface area contributed by atoms with Gasteiger partial charge in [-0.05, 0) is 17.7 Å². The zero-order chi connectivity index (χ0) is 11.8. The Morgan fingerprint density at radius 2 is 1.88 bits per heavy atom. The molecule has 1 aromatic carbocycles. The molecule has 0 saturated carbocycles. The minimum Gasteiger partial charge on any atom is -0.252 e. The Kier molecular flexibility index (Phi) is 2.90. The second-order valence-electron chi connectivity index (χ2n) is 5.07. The van der Waals surface area contributed by atoms with Crippen molar-refractivity contribution in [2.24, 2.45) is 0 Å². The van der Waals surface area contributed by atoms with Crippen molar-refractivity contribution in [3.05, 3.63) is 41.6 Å². The van der Waals surface area contributed by atoms with Crippen LogP contribution < -0.4 is 0 Å². The first-order valence-corrected chi connectivity index (χ1v) is 6.01. The van der Waals surface area contributed by atoms with E-state index in [-0.39, 0.29) is 5.41 Å². The van der Waals surface area contributed by atoms with Crippen molar-refractivity contribution in [3.8, 4) is 0 Å². The first-order chi connectivity index (χ1) is 7.52. The smallest absolute Gasteiger partial charge is 0.0708 e. The lowest BCUT2D eigenvalue weighted by molar-refractivity contribution is 0.571. The topological polar surface area (TPSA) is 12.9 Å². The maximum absolute atomic E-state index is 6.00. The number of rotatable bonds is 1. The molecular formula is C14H16ClN. The van der Waals surface area contributed by atoms with E-state index >= 15 is 0 Å². The van der Waals surface area contributed by atoms with Crippen molar-refractivity contribution in [1.82, 2.24) is 4.98 Å². The molecule has 2 heteroatoms. The summed E-state index contributed by atoms with van der Waals surface area (Å²) in [4.78, 5) is 4.70. The molecule has 2 aromatic rings. The van der Waals surface area contributed by atoms with E-state index < -0.39 is 0 Å². The highest BCUT2D eigenvalue weighted by Crippen LogP contribution is 2.26. The predicted octanol–water partition coefficient (Wildman–Crippen LogP) is 4.27. The molecule has 0 bridgehead atoms. The van der Waals surface area contributed by atoms with E-state index in [0.717, 1.165) is 22.2 Å². The lowest BCUT2D eigenvalue weighted by Crippen LogP contribution is -2.14. The van der Waals surface area contributed by atoms with Crippen molar-refractivity contribution >= 4 is 22.5 Å². The van der Waals surface area contributed by atoms with Crippen LogP contribution in [0.2, 0.25) is 0 Å². The second-order valence-corrected chi connectivity index (χ2v) is 5.33. The summed E-state index contributed by atoms with van der Waals surface area (Å²) in [6.45, 7) is 6.51. The number of aromatic nitrogens is 1. The van der Waals surface area contributed by atoms with Gasteiger partial charge in [0, 0.05) is 22.4 Å². The Hall–Kier alpha value is -1.08. The number of nitrogens with zero attached hydrogens (tertiary/aromatic N) is 1. The Balaban J connectivity index is 2.73. The molecule has 2 rings (SSSR count). The molecular weight excluding hydrogens is 218 g/mol. The first-order valence-electron chi connectivity index (χ1n) is 5.47. The Morgan fingerprint density at radius 1 is 1.19 bits per heavy atom. The van der Waals surface area contributed by atoms with Gasteiger partial charge in [-0.15, -0.1) is 11.6 Å². The molecule has 0 aliphatic rings. The molecule has 84 valence electrons. The maximum atomic E-state index is 6.00. The lowest BCUT2D eigenvalue weighted by atomic mass is 9.90. The first kappa shape index (κ1) is 11.4. The van der Waals surface area contributed by atoms with Crippen molar-refractivity contribution in [3.63, 3.8) is 0 Å². The predicted molar refractivity (Wildman–Crippen MR) is 70.0 cm³/mol. The van der Waals surface area contributed by atoms with E-state index in [1.54, 1.807) is 0 Å². The summed E-state index contributed by atoms with van der Waals surface area (Å²) in [7, 11) is 0. The van der Waals surface area contributed by atoms with Crippen LogP contribution in [-0.2, 0) is 11.3 Å². The van der Waals surface area contributed by atoms with E-state index in [9.17, 15) is 0 Å². The highest BCUT2D eigenvalue weighted by molar-refractivity contribution is 6.18. The minimum atomic E-state index is 0.0604. The molecule has 16 heavy (non-hydrogen) atoms. The van der Waals surface area contributed by atoms with Crippen LogP contribution in [-0.4, -0.2) is 4.98 Å². The van der Waals surface area contributed by atoms with Gasteiger partial charge in [0.15, 0.2) is 0 Å². The molecule has 0 radical (unpaired) electrons. The van der Waals surface area contributed by atoms with Crippen molar-refractivity contribution in [2.75, 3.05) is 0 Å². The van der Waals surface area contributed by atoms with Gasteiger partial charge in [0.25, 0.3) is 0 Å². The van der Waals surface area contributed by atoms with E-state index in [1.165, 1.54) is 0 Å². The third kappa shape index (κ3) is 2.05. The zero-order valence-corrected chi connectivity index (χ0v) is 10.7. The van der Waals surface area contributed by atoms with Gasteiger partial charge in [-0.1, -0.05) is 39.0 Å². The Bertz CT molecular complexity index is 512. The number of alkyl halides is 1. The van der Waals surface area contributed by atoms with Crippen LogP contribution in [0.1, 0.15) is 32.0 Å². The molecule has 0 atom stereocenters. The van der Waals surface area contributed by atoms with Gasteiger partial charge in [0.2, 0.25) is 0 Å². The summed E-state index contributed by atoms with van der Waals surface area (Å²) in [5.41, 5.74) is 3.36. The molecule has 1 aromatic heterocycles. The molecule has 0 aliphatic carbocycles. The summed E-state index contributed by atoms with van der Waals surface area (Å²) in [6, 6.07) is 10.3. The summed E-state index contributed by atoms with van der Waals surface area (Å²) in [6.07, 6.45) is 0. The molecule has 1 nitrogen and oxygen atoms in total. The highest BCUT2D eigenvalue weighted by Gasteiger charge is 2.17. The third-order valence-electron chi connectivity index (χ3n) is 2.71. The number of para-hydroxylation sites is 1. The Morgan fingerprint density at radius 3 is 2.50 bits per heavy atom. The fourth-order valence-electron chi connectivity index (χ4n) is 1.74. The molecule has 0 aliphatic heterocycles. The normalized spacial score (nSPS) is 12.0. The average Bonchev–Trinajstić information content (AvgIpc) is 2.26. The molecule has 0 spiro atoms. The van der Waals surface area contributed by atoms with Crippen LogP contribution in [0.3, 0.4) is 0 Å². The number of benzene rings is 1. The summed E-state index contributed by atoms with van der Waals surface area (Å²) >= 11 is 6.00. The zero-order valence-electron chi connectivity index (χ0n) is 9.92. The number of hydrogen-bond acceptors (Lipinski definition) is 1. The van der Waals surface area contributed by atoms with Gasteiger partial charge in [-0.25, -0.2) is 0 Å². The number of hydrogen-bond donors (Lipinski definition) is 0. The van der Waals surface area contributed by atoms with Crippen LogP contribution in [0.4, 0.5) is 0 Å². The van der Waals surface area contributed by atoms with Gasteiger partial charge in [-0.3, -0.25) is 4.98 Å². The van der Waals surface area contributed by atoms with Crippen LogP contribution in [0.5, 0.6) is 0 Å². The van der Waals surface area contributed by atoms with Gasteiger partial charge in [0.1, 0.15) is 0 Å². The number of pyridine rings is 1. The summed E-state index contributed by atoms with van der Waals surface area (Å²) in [5.74, 6) is 0.534. The van der Waals surface area contributed by atoms with E-state index in [4.69, 9.17) is 16.6 Å². The molecule has 0 fully saturated rings. The Labute approximate surface area is 101 Å². The van der Waals surface area contributed by atoms with E-state index in [2.05, 4.69) is 32.9 Å². The van der Waals surface area contributed by atoms with Gasteiger partial charge in [-0.2, -0.15) is 0 Å². The molecule has 0 N–H and O–H groups in total. The van der Waals surface area contributed by atoms with Gasteiger partial charge in [0.05, 0.1) is 5.52 Å². The van der Waals surface area contributed by atoms with Crippen molar-refractivity contribution < 1.29 is 0 Å². The van der Waals surface area contributed by atoms with E-state index in [0.29, 0.717) is 5.88 Å². The highest BCUT2D eigenvalue weighted by atomic mass is 35.5. The van der Waals surface area contributed by atoms with Crippen molar-refractivity contribution in [1.29, 1.82) is 0 Å². The van der Waals surface area contributed by atoms with Gasteiger partial charge >= 0.3 is 0 Å². The molecule has 0 saturated heterocycles. The maximum Gasteiger partial charge on any atom is 0.0708 e. The standard InChI is InChI=1S/C14H16ClN/c1-14(2,3)13-8-10(9-15)11-6-4-5-7-12(11)16-13/h4-8H,9H2,1-3H3. The molecule has 0 unspecified atom stereocenters. The van der Waals surface area contributed by atoms with Crippen molar-refractivity contribution in [2.45, 2.75) is 32.1 Å². The largest absolute Gasteiger partial charge is 0.252 e. The second kappa shape index (κ2) is 4.06. The van der Waals surface area contributed by atoms with E-state index in [1.807, 2.05) is 18.2 Å². The third-order valence-corrected chi connectivity index (χ3v) is 3.00. The number of halogens is 1. The van der Waals surface area contributed by atoms with Crippen LogP contribution >= 0.6 is 11.6 Å². The van der Waals surface area contributed by atoms with Crippen LogP contribution in [0.25, 0.3) is 10.9 Å². The SMILES string of the molecule is CC(C)(C)c1cc(CCl)c2ccccc2n1.